The third kappa shape index (κ3) is 4.11. The summed E-state index contributed by atoms with van der Waals surface area (Å²) in [5.74, 6) is 2.30. The van der Waals surface area contributed by atoms with Crippen molar-refractivity contribution in [3.8, 4) is 11.5 Å². The zero-order valence-electron chi connectivity index (χ0n) is 16.3. The third-order valence-electron chi connectivity index (χ3n) is 5.27. The van der Waals surface area contributed by atoms with E-state index in [-0.39, 0.29) is 11.8 Å². The van der Waals surface area contributed by atoms with Crippen molar-refractivity contribution in [2.45, 2.75) is 26.1 Å². The summed E-state index contributed by atoms with van der Waals surface area (Å²) >= 11 is 1.87. The summed E-state index contributed by atoms with van der Waals surface area (Å²) in [6.07, 6.45) is 0.701. The number of thioether (sulfide) groups is 1. The molecule has 3 heterocycles. The molecule has 4 rings (SSSR count). The molecule has 0 saturated carbocycles. The maximum atomic E-state index is 12.8. The molecule has 1 aromatic carbocycles. The Bertz CT molecular complexity index is 809. The van der Waals surface area contributed by atoms with E-state index in [0.717, 1.165) is 41.6 Å². The van der Waals surface area contributed by atoms with Crippen molar-refractivity contribution in [2.24, 2.45) is 5.92 Å². The van der Waals surface area contributed by atoms with Crippen LogP contribution >= 0.6 is 11.8 Å². The zero-order valence-corrected chi connectivity index (χ0v) is 17.2. The first-order chi connectivity index (χ1) is 13.5. The molecule has 150 valence electrons. The highest BCUT2D eigenvalue weighted by Gasteiger charge is 2.43. The van der Waals surface area contributed by atoms with Gasteiger partial charge in [0, 0.05) is 42.5 Å². The largest absolute Gasteiger partial charge is 0.441 e. The van der Waals surface area contributed by atoms with Crippen molar-refractivity contribution >= 4 is 17.7 Å². The van der Waals surface area contributed by atoms with Crippen molar-refractivity contribution in [1.29, 1.82) is 0 Å². The van der Waals surface area contributed by atoms with Gasteiger partial charge in [-0.25, -0.2) is 4.98 Å². The average molecular weight is 403 g/mol. The van der Waals surface area contributed by atoms with Crippen molar-refractivity contribution < 1.29 is 18.7 Å². The highest BCUT2D eigenvalue weighted by Crippen LogP contribution is 2.28. The van der Waals surface area contributed by atoms with Crippen LogP contribution < -0.4 is 0 Å². The minimum absolute atomic E-state index is 0.0600. The number of ether oxygens (including phenoxy) is 2. The number of nitrogens with zero attached hydrogens (tertiary/aromatic N) is 2. The Hall–Kier alpha value is -1.83. The average Bonchev–Trinajstić information content (AvgIpc) is 3.11. The summed E-state index contributed by atoms with van der Waals surface area (Å²) in [5, 5.41) is 0. The van der Waals surface area contributed by atoms with E-state index in [1.807, 2.05) is 53.9 Å². The predicted octanol–water partition coefficient (Wildman–Crippen LogP) is 3.15. The number of amides is 1. The number of oxazole rings is 1. The zero-order chi connectivity index (χ0) is 19.6. The Morgan fingerprint density at radius 3 is 2.57 bits per heavy atom. The van der Waals surface area contributed by atoms with E-state index in [2.05, 4.69) is 4.98 Å². The molecule has 0 aliphatic carbocycles. The first-order valence-electron chi connectivity index (χ1n) is 9.72. The van der Waals surface area contributed by atoms with Gasteiger partial charge in [-0.1, -0.05) is 18.2 Å². The smallest absolute Gasteiger partial charge is 0.282 e. The molecule has 2 aliphatic heterocycles. The fraction of sp³-hybridized carbons (Fsp3) is 0.524. The van der Waals surface area contributed by atoms with Crippen LogP contribution in [0, 0.1) is 12.8 Å². The van der Waals surface area contributed by atoms with E-state index in [4.69, 9.17) is 13.9 Å². The Morgan fingerprint density at radius 1 is 1.21 bits per heavy atom. The number of hydrogen-bond donors (Lipinski definition) is 0. The molecule has 1 aromatic heterocycles. The quantitative estimate of drug-likeness (QED) is 0.783. The summed E-state index contributed by atoms with van der Waals surface area (Å²) in [7, 11) is 0. The molecular formula is C21H26N2O4S. The minimum atomic E-state index is -1.17. The molecule has 0 unspecified atom stereocenters. The second kappa shape index (κ2) is 8.27. The minimum Gasteiger partial charge on any atom is -0.441 e. The van der Waals surface area contributed by atoms with Gasteiger partial charge in [0.1, 0.15) is 5.76 Å². The number of aromatic nitrogens is 1. The number of rotatable bonds is 4. The van der Waals surface area contributed by atoms with Crippen LogP contribution in [0.25, 0.3) is 11.5 Å². The summed E-state index contributed by atoms with van der Waals surface area (Å²) < 4.78 is 17.7. The first-order valence-corrected chi connectivity index (χ1v) is 10.9. The van der Waals surface area contributed by atoms with Crippen LogP contribution in [0.2, 0.25) is 0 Å². The molecule has 7 heteroatoms. The van der Waals surface area contributed by atoms with E-state index in [1.165, 1.54) is 0 Å². The molecule has 2 aliphatic rings. The van der Waals surface area contributed by atoms with Gasteiger partial charge in [-0.15, -0.1) is 0 Å². The lowest BCUT2D eigenvalue weighted by Crippen LogP contribution is -2.56. The monoisotopic (exact) mass is 402 g/mol. The molecular weight excluding hydrogens is 376 g/mol. The van der Waals surface area contributed by atoms with Crippen LogP contribution in [-0.2, 0) is 20.7 Å². The van der Waals surface area contributed by atoms with Crippen LogP contribution in [0.15, 0.2) is 34.7 Å². The van der Waals surface area contributed by atoms with Gasteiger partial charge in [-0.3, -0.25) is 4.79 Å². The highest BCUT2D eigenvalue weighted by molar-refractivity contribution is 7.99. The van der Waals surface area contributed by atoms with Crippen LogP contribution in [0.3, 0.4) is 0 Å². The Labute approximate surface area is 169 Å². The van der Waals surface area contributed by atoms with Crippen molar-refractivity contribution in [1.82, 2.24) is 9.88 Å². The van der Waals surface area contributed by atoms with E-state index < -0.39 is 5.79 Å². The standard InChI is InChI=1S/C21H26N2O4S/c1-15-18(22-19(27-15)17-6-4-3-5-7-17)12-16-13-25-21(2,26-14-16)20(24)23-8-10-28-11-9-23/h3-7,16H,8-14H2,1-2H3. The lowest BCUT2D eigenvalue weighted by atomic mass is 10.0. The topological polar surface area (TPSA) is 64.8 Å². The van der Waals surface area contributed by atoms with Crippen LogP contribution in [0.4, 0.5) is 0 Å². The molecule has 0 N–H and O–H groups in total. The SMILES string of the molecule is Cc1oc(-c2ccccc2)nc1CC1COC(C)(C(=O)N2CCSCC2)OC1. The maximum absolute atomic E-state index is 12.8. The van der Waals surface area contributed by atoms with E-state index in [0.29, 0.717) is 25.5 Å². The molecule has 2 saturated heterocycles. The van der Waals surface area contributed by atoms with Crippen LogP contribution in [-0.4, -0.2) is 59.4 Å². The predicted molar refractivity (Wildman–Crippen MR) is 108 cm³/mol. The van der Waals surface area contributed by atoms with E-state index in [1.54, 1.807) is 6.92 Å². The lowest BCUT2D eigenvalue weighted by Gasteiger charge is -2.40. The van der Waals surface area contributed by atoms with Crippen molar-refractivity contribution in [2.75, 3.05) is 37.8 Å². The van der Waals surface area contributed by atoms with Gasteiger partial charge < -0.3 is 18.8 Å². The van der Waals surface area contributed by atoms with Gasteiger partial charge in [0.15, 0.2) is 0 Å². The van der Waals surface area contributed by atoms with Gasteiger partial charge in [0.25, 0.3) is 5.91 Å². The van der Waals surface area contributed by atoms with Crippen molar-refractivity contribution in [3.63, 3.8) is 0 Å². The summed E-state index contributed by atoms with van der Waals surface area (Å²) in [5.41, 5.74) is 1.88. The molecule has 0 bridgehead atoms. The second-order valence-electron chi connectivity index (χ2n) is 7.43. The fourth-order valence-corrected chi connectivity index (χ4v) is 4.44. The fourth-order valence-electron chi connectivity index (χ4n) is 3.53. The molecule has 28 heavy (non-hydrogen) atoms. The molecule has 2 fully saturated rings. The van der Waals surface area contributed by atoms with Crippen LogP contribution in [0.1, 0.15) is 18.4 Å². The second-order valence-corrected chi connectivity index (χ2v) is 8.66. The Kier molecular flexibility index (Phi) is 5.75. The van der Waals surface area contributed by atoms with Crippen molar-refractivity contribution in [3.05, 3.63) is 41.8 Å². The summed E-state index contributed by atoms with van der Waals surface area (Å²) in [6, 6.07) is 9.88. The van der Waals surface area contributed by atoms with E-state index in [9.17, 15) is 4.79 Å². The Balaban J connectivity index is 1.37. The molecule has 6 nitrogen and oxygen atoms in total. The molecule has 0 atom stereocenters. The number of aryl methyl sites for hydroxylation is 1. The van der Waals surface area contributed by atoms with Gasteiger partial charge in [-0.05, 0) is 26.0 Å². The Morgan fingerprint density at radius 2 is 1.89 bits per heavy atom. The molecule has 2 aromatic rings. The number of benzene rings is 1. The van der Waals surface area contributed by atoms with Gasteiger partial charge in [0.2, 0.25) is 11.7 Å². The maximum Gasteiger partial charge on any atom is 0.282 e. The highest BCUT2D eigenvalue weighted by atomic mass is 32.2. The molecule has 1 amide bonds. The van der Waals surface area contributed by atoms with Gasteiger partial charge in [-0.2, -0.15) is 11.8 Å². The number of carbonyl (C=O) groups excluding carboxylic acids is 1. The summed E-state index contributed by atoms with van der Waals surface area (Å²) in [4.78, 5) is 19.3. The molecule has 0 radical (unpaired) electrons. The van der Waals surface area contributed by atoms with Crippen LogP contribution in [0.5, 0.6) is 0 Å². The number of carbonyl (C=O) groups is 1. The first kappa shape index (κ1) is 19.5. The van der Waals surface area contributed by atoms with Gasteiger partial charge in [0.05, 0.1) is 18.9 Å². The third-order valence-corrected chi connectivity index (χ3v) is 6.21. The van der Waals surface area contributed by atoms with Gasteiger partial charge >= 0.3 is 0 Å². The lowest BCUT2D eigenvalue weighted by molar-refractivity contribution is -0.265. The van der Waals surface area contributed by atoms with E-state index >= 15 is 0 Å². The molecule has 0 spiro atoms. The summed E-state index contributed by atoms with van der Waals surface area (Å²) in [6.45, 7) is 6.13. The number of hydrogen-bond acceptors (Lipinski definition) is 6. The normalized spacial score (nSPS) is 25.6.